The first-order valence-electron chi connectivity index (χ1n) is 8.85. The Hall–Kier alpha value is -3.98. The third-order valence-corrected chi connectivity index (χ3v) is 4.42. The SMILES string of the molecule is COC(=O)c1c(COC(=O)/C=C/c2ccc(C#N)cc2)nc2ccccc2c1C. The minimum absolute atomic E-state index is 0.160. The molecule has 144 valence electrons. The van der Waals surface area contributed by atoms with E-state index in [0.717, 1.165) is 16.5 Å². The summed E-state index contributed by atoms with van der Waals surface area (Å²) in [6, 6.07) is 16.2. The Kier molecular flexibility index (Phi) is 6.00. The van der Waals surface area contributed by atoms with Gasteiger partial charge in [-0.2, -0.15) is 5.26 Å². The Labute approximate surface area is 168 Å². The van der Waals surface area contributed by atoms with Crippen LogP contribution in [0.4, 0.5) is 0 Å². The lowest BCUT2D eigenvalue weighted by molar-refractivity contribution is -0.139. The quantitative estimate of drug-likeness (QED) is 0.487. The van der Waals surface area contributed by atoms with Gasteiger partial charge in [0, 0.05) is 11.5 Å². The fourth-order valence-corrected chi connectivity index (χ4v) is 2.94. The number of carbonyl (C=O) groups excluding carboxylic acids is 2. The number of fused-ring (bicyclic) bond motifs is 1. The normalized spacial score (nSPS) is 10.7. The number of nitriles is 1. The van der Waals surface area contributed by atoms with Crippen LogP contribution in [0, 0.1) is 18.3 Å². The fraction of sp³-hybridized carbons (Fsp3) is 0.130. The van der Waals surface area contributed by atoms with Crippen LogP contribution in [0.3, 0.4) is 0 Å². The molecule has 1 aromatic heterocycles. The van der Waals surface area contributed by atoms with Gasteiger partial charge in [0.05, 0.1) is 35.5 Å². The van der Waals surface area contributed by atoms with E-state index in [4.69, 9.17) is 14.7 Å². The van der Waals surface area contributed by atoms with E-state index in [1.807, 2.05) is 37.3 Å². The Morgan fingerprint density at radius 1 is 1.14 bits per heavy atom. The summed E-state index contributed by atoms with van der Waals surface area (Å²) in [6.45, 7) is 1.65. The van der Waals surface area contributed by atoms with Crippen LogP contribution in [0.2, 0.25) is 0 Å². The van der Waals surface area contributed by atoms with Crippen LogP contribution < -0.4 is 0 Å². The molecule has 0 N–H and O–H groups in total. The number of rotatable bonds is 5. The summed E-state index contributed by atoms with van der Waals surface area (Å²) in [6.07, 6.45) is 2.87. The number of aromatic nitrogens is 1. The molecular formula is C23H18N2O4. The standard InChI is InChI=1S/C23H18N2O4/c1-15-18-5-3-4-6-19(18)25-20(22(15)23(27)28-2)14-29-21(26)12-11-16-7-9-17(13-24)10-8-16/h3-12H,14H2,1-2H3/b12-11+. The summed E-state index contributed by atoms with van der Waals surface area (Å²) in [5.74, 6) is -1.10. The predicted molar refractivity (Wildman–Crippen MR) is 108 cm³/mol. The number of para-hydroxylation sites is 1. The molecule has 29 heavy (non-hydrogen) atoms. The van der Waals surface area contributed by atoms with Crippen molar-refractivity contribution >= 4 is 28.9 Å². The first-order chi connectivity index (χ1) is 14.0. The van der Waals surface area contributed by atoms with Crippen molar-refractivity contribution in [2.24, 2.45) is 0 Å². The van der Waals surface area contributed by atoms with Crippen molar-refractivity contribution in [1.82, 2.24) is 4.98 Å². The molecule has 0 radical (unpaired) electrons. The van der Waals surface area contributed by atoms with Gasteiger partial charge in [0.25, 0.3) is 0 Å². The molecule has 3 aromatic rings. The highest BCUT2D eigenvalue weighted by Crippen LogP contribution is 2.24. The second kappa shape index (κ2) is 8.81. The number of benzene rings is 2. The summed E-state index contributed by atoms with van der Waals surface area (Å²) in [7, 11) is 1.30. The van der Waals surface area contributed by atoms with Crippen molar-refractivity contribution in [3.63, 3.8) is 0 Å². The molecule has 0 amide bonds. The van der Waals surface area contributed by atoms with Crippen LogP contribution in [0.5, 0.6) is 0 Å². The smallest absolute Gasteiger partial charge is 0.340 e. The maximum absolute atomic E-state index is 12.3. The first kappa shape index (κ1) is 19.8. The minimum atomic E-state index is -0.571. The Morgan fingerprint density at radius 3 is 2.55 bits per heavy atom. The van der Waals surface area contributed by atoms with E-state index in [9.17, 15) is 9.59 Å². The molecule has 0 aliphatic carbocycles. The van der Waals surface area contributed by atoms with Gasteiger partial charge in [-0.3, -0.25) is 0 Å². The fourth-order valence-electron chi connectivity index (χ4n) is 2.94. The maximum atomic E-state index is 12.3. The van der Waals surface area contributed by atoms with E-state index in [0.29, 0.717) is 22.3 Å². The first-order valence-corrected chi connectivity index (χ1v) is 8.85. The molecule has 0 fully saturated rings. The van der Waals surface area contributed by atoms with Crippen molar-refractivity contribution in [1.29, 1.82) is 5.26 Å². The number of hydrogen-bond acceptors (Lipinski definition) is 6. The number of aryl methyl sites for hydroxylation is 1. The van der Waals surface area contributed by atoms with Gasteiger partial charge in [-0.05, 0) is 42.3 Å². The average Bonchev–Trinajstić information content (AvgIpc) is 2.76. The predicted octanol–water partition coefficient (Wildman–Crippen LogP) is 3.96. The van der Waals surface area contributed by atoms with Crippen LogP contribution >= 0.6 is 0 Å². The zero-order chi connectivity index (χ0) is 20.8. The highest BCUT2D eigenvalue weighted by Gasteiger charge is 2.20. The zero-order valence-corrected chi connectivity index (χ0v) is 16.0. The minimum Gasteiger partial charge on any atom is -0.465 e. The molecule has 2 aromatic carbocycles. The highest BCUT2D eigenvalue weighted by molar-refractivity contribution is 5.98. The van der Waals surface area contributed by atoms with Gasteiger partial charge in [-0.1, -0.05) is 30.3 Å². The summed E-state index contributed by atoms with van der Waals surface area (Å²) in [5.41, 5.74) is 3.37. The number of hydrogen-bond donors (Lipinski definition) is 0. The average molecular weight is 386 g/mol. The summed E-state index contributed by atoms with van der Waals surface area (Å²) >= 11 is 0. The van der Waals surface area contributed by atoms with Gasteiger partial charge in [0.1, 0.15) is 6.61 Å². The van der Waals surface area contributed by atoms with E-state index in [1.165, 1.54) is 13.2 Å². The van der Waals surface area contributed by atoms with Gasteiger partial charge in [0.15, 0.2) is 0 Å². The van der Waals surface area contributed by atoms with E-state index < -0.39 is 11.9 Å². The number of esters is 2. The molecule has 1 heterocycles. The lowest BCUT2D eigenvalue weighted by Gasteiger charge is -2.13. The third-order valence-electron chi connectivity index (χ3n) is 4.42. The highest BCUT2D eigenvalue weighted by atomic mass is 16.5. The molecule has 0 aliphatic rings. The van der Waals surface area contributed by atoms with Crippen molar-refractivity contribution in [2.45, 2.75) is 13.5 Å². The third kappa shape index (κ3) is 4.47. The van der Waals surface area contributed by atoms with Gasteiger partial charge in [-0.15, -0.1) is 0 Å². The van der Waals surface area contributed by atoms with E-state index >= 15 is 0 Å². The van der Waals surface area contributed by atoms with Crippen LogP contribution in [0.15, 0.2) is 54.6 Å². The van der Waals surface area contributed by atoms with Crippen LogP contribution in [-0.4, -0.2) is 24.0 Å². The summed E-state index contributed by atoms with van der Waals surface area (Å²) in [4.78, 5) is 28.9. The topological polar surface area (TPSA) is 89.3 Å². The Bertz CT molecular complexity index is 1140. The van der Waals surface area contributed by atoms with Crippen LogP contribution in [0.1, 0.15) is 32.7 Å². The summed E-state index contributed by atoms with van der Waals surface area (Å²) < 4.78 is 10.2. The molecule has 0 saturated heterocycles. The van der Waals surface area contributed by atoms with E-state index in [-0.39, 0.29) is 6.61 Å². The molecule has 6 heteroatoms. The lowest BCUT2D eigenvalue weighted by Crippen LogP contribution is -2.13. The van der Waals surface area contributed by atoms with E-state index in [1.54, 1.807) is 30.3 Å². The number of methoxy groups -OCH3 is 1. The van der Waals surface area contributed by atoms with E-state index in [2.05, 4.69) is 4.98 Å². The molecule has 0 saturated carbocycles. The van der Waals surface area contributed by atoms with Gasteiger partial charge >= 0.3 is 11.9 Å². The molecule has 0 unspecified atom stereocenters. The van der Waals surface area contributed by atoms with Gasteiger partial charge in [0.2, 0.25) is 0 Å². The summed E-state index contributed by atoms with van der Waals surface area (Å²) in [5, 5.41) is 9.65. The maximum Gasteiger partial charge on any atom is 0.340 e. The second-order valence-electron chi connectivity index (χ2n) is 6.24. The number of carbonyl (C=O) groups is 2. The number of ether oxygens (including phenoxy) is 2. The molecule has 3 rings (SSSR count). The largest absolute Gasteiger partial charge is 0.465 e. The zero-order valence-electron chi connectivity index (χ0n) is 16.0. The van der Waals surface area contributed by atoms with Crippen molar-refractivity contribution in [3.05, 3.63) is 82.6 Å². The van der Waals surface area contributed by atoms with Gasteiger partial charge < -0.3 is 9.47 Å². The molecule has 0 spiro atoms. The molecular weight excluding hydrogens is 368 g/mol. The molecule has 0 aliphatic heterocycles. The Balaban J connectivity index is 1.80. The van der Waals surface area contributed by atoms with Gasteiger partial charge in [-0.25, -0.2) is 14.6 Å². The molecule has 6 nitrogen and oxygen atoms in total. The number of nitrogens with zero attached hydrogens (tertiary/aromatic N) is 2. The lowest BCUT2D eigenvalue weighted by atomic mass is 10.0. The second-order valence-corrected chi connectivity index (χ2v) is 6.24. The van der Waals surface area contributed by atoms with Crippen molar-refractivity contribution in [3.8, 4) is 6.07 Å². The molecule has 0 bridgehead atoms. The number of pyridine rings is 1. The monoisotopic (exact) mass is 386 g/mol. The Morgan fingerprint density at radius 2 is 1.86 bits per heavy atom. The van der Waals surface area contributed by atoms with Crippen LogP contribution in [-0.2, 0) is 20.9 Å². The van der Waals surface area contributed by atoms with Crippen molar-refractivity contribution < 1.29 is 19.1 Å². The van der Waals surface area contributed by atoms with Crippen molar-refractivity contribution in [2.75, 3.05) is 7.11 Å². The van der Waals surface area contributed by atoms with Crippen LogP contribution in [0.25, 0.3) is 17.0 Å². The molecule has 0 atom stereocenters.